The van der Waals surface area contributed by atoms with Gasteiger partial charge < -0.3 is 9.88 Å². The third-order valence-corrected chi connectivity index (χ3v) is 6.58. The summed E-state index contributed by atoms with van der Waals surface area (Å²) in [5, 5.41) is 1.63. The maximum absolute atomic E-state index is 13.1. The van der Waals surface area contributed by atoms with Crippen LogP contribution in [0.5, 0.6) is 0 Å². The minimum atomic E-state index is 0.125. The molecule has 2 aromatic carbocycles. The molecule has 2 aliphatic rings. The van der Waals surface area contributed by atoms with E-state index in [9.17, 15) is 4.79 Å². The summed E-state index contributed by atoms with van der Waals surface area (Å²) in [5.41, 5.74) is 4.97. The maximum atomic E-state index is 13.1. The van der Waals surface area contributed by atoms with Crippen LogP contribution >= 0.6 is 11.6 Å². The van der Waals surface area contributed by atoms with Gasteiger partial charge in [0.25, 0.3) is 5.91 Å². The molecule has 0 atom stereocenters. The number of likely N-dealkylation sites (tertiary alicyclic amines) is 1. The SMILES string of the molecule is O=C(c1c[nH]c2cc(Cl)ccc12)N1CCC2(CCc3ccccc32)CC1. The number of hydrogen-bond donors (Lipinski definition) is 1. The number of rotatable bonds is 1. The van der Waals surface area contributed by atoms with Gasteiger partial charge in [0.05, 0.1) is 5.56 Å². The van der Waals surface area contributed by atoms with Gasteiger partial charge in [-0.1, -0.05) is 41.9 Å². The fourth-order valence-corrected chi connectivity index (χ4v) is 5.04. The van der Waals surface area contributed by atoms with E-state index in [-0.39, 0.29) is 11.3 Å². The number of piperidine rings is 1. The first kappa shape index (κ1) is 16.0. The van der Waals surface area contributed by atoms with E-state index in [4.69, 9.17) is 11.6 Å². The number of benzene rings is 2. The number of amides is 1. The summed E-state index contributed by atoms with van der Waals surface area (Å²) in [6.07, 6.45) is 6.33. The molecule has 132 valence electrons. The van der Waals surface area contributed by atoms with Gasteiger partial charge in [-0.25, -0.2) is 0 Å². The molecule has 3 aromatic rings. The highest BCUT2D eigenvalue weighted by atomic mass is 35.5. The van der Waals surface area contributed by atoms with Gasteiger partial charge in [0.2, 0.25) is 0 Å². The van der Waals surface area contributed by atoms with E-state index in [1.807, 2.05) is 29.3 Å². The van der Waals surface area contributed by atoms with Crippen molar-refractivity contribution in [3.05, 3.63) is 70.4 Å². The van der Waals surface area contributed by atoms with E-state index >= 15 is 0 Å². The number of nitrogens with zero attached hydrogens (tertiary/aromatic N) is 1. The normalized spacial score (nSPS) is 18.4. The molecule has 1 aliphatic carbocycles. The van der Waals surface area contributed by atoms with Gasteiger partial charge >= 0.3 is 0 Å². The topological polar surface area (TPSA) is 36.1 Å². The maximum Gasteiger partial charge on any atom is 0.256 e. The van der Waals surface area contributed by atoms with Crippen LogP contribution in [-0.2, 0) is 11.8 Å². The summed E-state index contributed by atoms with van der Waals surface area (Å²) in [5.74, 6) is 0.125. The van der Waals surface area contributed by atoms with Crippen molar-refractivity contribution in [1.82, 2.24) is 9.88 Å². The molecule has 0 radical (unpaired) electrons. The van der Waals surface area contributed by atoms with Crippen LogP contribution in [0.25, 0.3) is 10.9 Å². The molecule has 0 saturated carbocycles. The van der Waals surface area contributed by atoms with Crippen molar-refractivity contribution >= 4 is 28.4 Å². The third-order valence-electron chi connectivity index (χ3n) is 6.34. The molecule has 5 rings (SSSR count). The first-order chi connectivity index (χ1) is 12.7. The zero-order chi connectivity index (χ0) is 17.7. The lowest BCUT2D eigenvalue weighted by Gasteiger charge is -2.40. The molecule has 1 amide bonds. The molecule has 1 aliphatic heterocycles. The number of aromatic nitrogens is 1. The summed E-state index contributed by atoms with van der Waals surface area (Å²) in [6, 6.07) is 14.5. The van der Waals surface area contributed by atoms with Crippen molar-refractivity contribution in [2.24, 2.45) is 0 Å². The van der Waals surface area contributed by atoms with Gasteiger partial charge in [-0.2, -0.15) is 0 Å². The molecule has 1 N–H and O–H groups in total. The van der Waals surface area contributed by atoms with Gasteiger partial charge in [0.15, 0.2) is 0 Å². The molecule has 26 heavy (non-hydrogen) atoms. The van der Waals surface area contributed by atoms with Gasteiger partial charge in [-0.15, -0.1) is 0 Å². The van der Waals surface area contributed by atoms with E-state index in [2.05, 4.69) is 29.2 Å². The molecule has 0 bridgehead atoms. The molecular weight excluding hydrogens is 344 g/mol. The Hall–Kier alpha value is -2.26. The number of nitrogens with one attached hydrogen (secondary N) is 1. The van der Waals surface area contributed by atoms with Crippen LogP contribution in [0, 0.1) is 0 Å². The zero-order valence-electron chi connectivity index (χ0n) is 14.6. The van der Waals surface area contributed by atoms with Crippen molar-refractivity contribution in [2.45, 2.75) is 31.1 Å². The van der Waals surface area contributed by atoms with Crippen LogP contribution < -0.4 is 0 Å². The monoisotopic (exact) mass is 364 g/mol. The lowest BCUT2D eigenvalue weighted by molar-refractivity contribution is 0.0668. The first-order valence-electron chi connectivity index (χ1n) is 9.31. The van der Waals surface area contributed by atoms with Crippen LogP contribution in [0.3, 0.4) is 0 Å². The van der Waals surface area contributed by atoms with Crippen LogP contribution in [0.2, 0.25) is 5.02 Å². The largest absolute Gasteiger partial charge is 0.360 e. The molecule has 1 spiro atoms. The second-order valence-electron chi connectivity index (χ2n) is 7.62. The number of halogens is 1. The number of aromatic amines is 1. The second-order valence-corrected chi connectivity index (χ2v) is 8.06. The lowest BCUT2D eigenvalue weighted by atomic mass is 9.74. The predicted octanol–water partition coefficient (Wildman–Crippen LogP) is 4.94. The Kier molecular flexibility index (Phi) is 3.61. The summed E-state index contributed by atoms with van der Waals surface area (Å²) in [6.45, 7) is 1.65. The van der Waals surface area contributed by atoms with Crippen LogP contribution in [0.1, 0.15) is 40.7 Å². The summed E-state index contributed by atoms with van der Waals surface area (Å²) in [4.78, 5) is 18.3. The van der Waals surface area contributed by atoms with E-state index in [1.54, 1.807) is 0 Å². The Morgan fingerprint density at radius 2 is 1.88 bits per heavy atom. The minimum absolute atomic E-state index is 0.125. The quantitative estimate of drug-likeness (QED) is 0.652. The van der Waals surface area contributed by atoms with Crippen LogP contribution in [-0.4, -0.2) is 28.9 Å². The van der Waals surface area contributed by atoms with E-state index in [0.717, 1.165) is 42.4 Å². The summed E-state index contributed by atoms with van der Waals surface area (Å²) < 4.78 is 0. The second kappa shape index (κ2) is 5.88. The standard InChI is InChI=1S/C22H21ClN2O/c23-16-5-6-17-18(14-24-20(17)13-16)21(26)25-11-9-22(10-12-25)8-7-15-3-1-2-4-19(15)22/h1-6,13-14,24H,7-12H2. The van der Waals surface area contributed by atoms with E-state index in [1.165, 1.54) is 24.0 Å². The van der Waals surface area contributed by atoms with E-state index in [0.29, 0.717) is 5.02 Å². The molecule has 2 heterocycles. The lowest BCUT2D eigenvalue weighted by Crippen LogP contribution is -2.44. The van der Waals surface area contributed by atoms with Crippen molar-refractivity contribution < 1.29 is 4.79 Å². The fourth-order valence-electron chi connectivity index (χ4n) is 4.87. The number of H-pyrrole nitrogens is 1. The van der Waals surface area contributed by atoms with Gasteiger partial charge in [-0.05, 0) is 54.4 Å². The molecule has 1 fully saturated rings. The number of aryl methyl sites for hydroxylation is 1. The number of carbonyl (C=O) groups excluding carboxylic acids is 1. The van der Waals surface area contributed by atoms with Gasteiger partial charge in [-0.3, -0.25) is 4.79 Å². The fraction of sp³-hybridized carbons (Fsp3) is 0.318. The van der Waals surface area contributed by atoms with Crippen molar-refractivity contribution in [1.29, 1.82) is 0 Å². The van der Waals surface area contributed by atoms with Crippen molar-refractivity contribution in [3.63, 3.8) is 0 Å². The van der Waals surface area contributed by atoms with Crippen LogP contribution in [0.15, 0.2) is 48.7 Å². The minimum Gasteiger partial charge on any atom is -0.360 e. The Morgan fingerprint density at radius 3 is 2.73 bits per heavy atom. The molecular formula is C22H21ClN2O. The highest BCUT2D eigenvalue weighted by Crippen LogP contribution is 2.46. The Labute approximate surface area is 158 Å². The smallest absolute Gasteiger partial charge is 0.256 e. The Morgan fingerprint density at radius 1 is 1.08 bits per heavy atom. The number of carbonyl (C=O) groups is 1. The van der Waals surface area contributed by atoms with Crippen molar-refractivity contribution in [3.8, 4) is 0 Å². The Bertz CT molecular complexity index is 998. The molecule has 4 heteroatoms. The summed E-state index contributed by atoms with van der Waals surface area (Å²) >= 11 is 6.05. The molecule has 3 nitrogen and oxygen atoms in total. The third kappa shape index (κ3) is 2.38. The first-order valence-corrected chi connectivity index (χ1v) is 9.68. The zero-order valence-corrected chi connectivity index (χ0v) is 15.4. The van der Waals surface area contributed by atoms with Crippen molar-refractivity contribution in [2.75, 3.05) is 13.1 Å². The molecule has 0 unspecified atom stereocenters. The number of hydrogen-bond acceptors (Lipinski definition) is 1. The van der Waals surface area contributed by atoms with Crippen LogP contribution in [0.4, 0.5) is 0 Å². The highest BCUT2D eigenvalue weighted by Gasteiger charge is 2.41. The number of fused-ring (bicyclic) bond motifs is 3. The summed E-state index contributed by atoms with van der Waals surface area (Å²) in [7, 11) is 0. The van der Waals surface area contributed by atoms with Gasteiger partial charge in [0.1, 0.15) is 0 Å². The average Bonchev–Trinajstić information content (AvgIpc) is 3.24. The molecule has 1 aromatic heterocycles. The highest BCUT2D eigenvalue weighted by molar-refractivity contribution is 6.31. The Balaban J connectivity index is 1.38. The average molecular weight is 365 g/mol. The van der Waals surface area contributed by atoms with E-state index < -0.39 is 0 Å². The predicted molar refractivity (Wildman–Crippen MR) is 105 cm³/mol. The molecule has 1 saturated heterocycles. The van der Waals surface area contributed by atoms with Gasteiger partial charge in [0, 0.05) is 35.2 Å².